The summed E-state index contributed by atoms with van der Waals surface area (Å²) in [5.41, 5.74) is 6.14. The van der Waals surface area contributed by atoms with Crippen molar-refractivity contribution in [1.29, 1.82) is 0 Å². The summed E-state index contributed by atoms with van der Waals surface area (Å²) in [5, 5.41) is 0. The number of rotatable bonds is 3. The molecule has 0 aliphatic carbocycles. The van der Waals surface area contributed by atoms with E-state index in [1.54, 1.807) is 31.3 Å². The molecule has 0 aromatic heterocycles. The molecule has 18 heavy (non-hydrogen) atoms. The molecule has 1 aromatic carbocycles. The third-order valence-electron chi connectivity index (χ3n) is 3.44. The Balaban J connectivity index is 2.23. The maximum Gasteiger partial charge on any atom is 0.243 e. The van der Waals surface area contributed by atoms with Crippen molar-refractivity contribution in [2.45, 2.75) is 17.4 Å². The predicted octanol–water partition coefficient (Wildman–Crippen LogP) is 0.593. The summed E-state index contributed by atoms with van der Waals surface area (Å²) in [7, 11) is 0.240. The minimum absolute atomic E-state index is 0.0533. The third kappa shape index (κ3) is 2.50. The Kier molecular flexibility index (Phi) is 3.61. The molecule has 1 aliphatic rings. The predicted molar refractivity (Wildman–Crippen MR) is 71.7 cm³/mol. The molecule has 1 fully saturated rings. The molecule has 0 bridgehead atoms. The highest BCUT2D eigenvalue weighted by atomic mass is 32.2. The van der Waals surface area contributed by atoms with Gasteiger partial charge in [-0.1, -0.05) is 0 Å². The number of sulfonamides is 1. The standard InChI is InChI=1S/C12H19N3O2S/c1-14-8-7-11(9-14)15(2)18(16,17)12-5-3-10(13)4-6-12/h3-6,11H,7-9,13H2,1-2H3/t11-/m1/s1. The first kappa shape index (κ1) is 13.3. The quantitative estimate of drug-likeness (QED) is 0.816. The number of benzene rings is 1. The molecule has 1 aromatic rings. The van der Waals surface area contributed by atoms with Gasteiger partial charge in [0.25, 0.3) is 0 Å². The zero-order valence-electron chi connectivity index (χ0n) is 10.7. The molecule has 5 nitrogen and oxygen atoms in total. The molecular weight excluding hydrogens is 250 g/mol. The molecule has 2 N–H and O–H groups in total. The van der Waals surface area contributed by atoms with Gasteiger partial charge in [0.1, 0.15) is 0 Å². The Labute approximate surface area is 108 Å². The number of likely N-dealkylation sites (N-methyl/N-ethyl adjacent to an activating group) is 2. The molecule has 0 unspecified atom stereocenters. The van der Waals surface area contributed by atoms with Crippen LogP contribution >= 0.6 is 0 Å². The van der Waals surface area contributed by atoms with Crippen molar-refractivity contribution in [3.05, 3.63) is 24.3 Å². The van der Waals surface area contributed by atoms with Crippen LogP contribution in [0.15, 0.2) is 29.2 Å². The SMILES string of the molecule is CN1CC[C@@H](N(C)S(=O)(=O)c2ccc(N)cc2)C1. The van der Waals surface area contributed by atoms with Gasteiger partial charge in [0.2, 0.25) is 10.0 Å². The van der Waals surface area contributed by atoms with Gasteiger partial charge in [-0.2, -0.15) is 4.31 Å². The van der Waals surface area contributed by atoms with Gasteiger partial charge >= 0.3 is 0 Å². The van der Waals surface area contributed by atoms with Crippen LogP contribution in [0.1, 0.15) is 6.42 Å². The summed E-state index contributed by atoms with van der Waals surface area (Å²) < 4.78 is 26.3. The fraction of sp³-hybridized carbons (Fsp3) is 0.500. The first-order valence-electron chi connectivity index (χ1n) is 5.93. The number of hydrogen-bond acceptors (Lipinski definition) is 4. The van der Waals surface area contributed by atoms with Crippen molar-refractivity contribution in [2.75, 3.05) is 32.9 Å². The number of hydrogen-bond donors (Lipinski definition) is 1. The fourth-order valence-electron chi connectivity index (χ4n) is 2.21. The average Bonchev–Trinajstić information content (AvgIpc) is 2.75. The Hall–Kier alpha value is -1.11. The van der Waals surface area contributed by atoms with E-state index < -0.39 is 10.0 Å². The zero-order valence-corrected chi connectivity index (χ0v) is 11.5. The van der Waals surface area contributed by atoms with Crippen molar-refractivity contribution in [3.63, 3.8) is 0 Å². The third-order valence-corrected chi connectivity index (χ3v) is 5.36. The summed E-state index contributed by atoms with van der Waals surface area (Å²) in [5.74, 6) is 0. The average molecular weight is 269 g/mol. The van der Waals surface area contributed by atoms with Crippen LogP contribution < -0.4 is 5.73 Å². The lowest BCUT2D eigenvalue weighted by atomic mass is 10.3. The van der Waals surface area contributed by atoms with Crippen LogP contribution in [0.4, 0.5) is 5.69 Å². The Morgan fingerprint density at radius 3 is 2.44 bits per heavy atom. The highest BCUT2D eigenvalue weighted by Crippen LogP contribution is 2.22. The van der Waals surface area contributed by atoms with E-state index in [1.165, 1.54) is 4.31 Å². The van der Waals surface area contributed by atoms with E-state index in [1.807, 2.05) is 7.05 Å². The molecule has 6 heteroatoms. The van der Waals surface area contributed by atoms with Crippen LogP contribution in [0.25, 0.3) is 0 Å². The monoisotopic (exact) mass is 269 g/mol. The van der Waals surface area contributed by atoms with Gasteiger partial charge in [-0.25, -0.2) is 8.42 Å². The first-order valence-corrected chi connectivity index (χ1v) is 7.37. The largest absolute Gasteiger partial charge is 0.399 e. The molecule has 0 amide bonds. The lowest BCUT2D eigenvalue weighted by Crippen LogP contribution is -2.38. The lowest BCUT2D eigenvalue weighted by Gasteiger charge is -2.23. The van der Waals surface area contributed by atoms with E-state index in [4.69, 9.17) is 5.73 Å². The number of nitrogens with two attached hydrogens (primary N) is 1. The first-order chi connectivity index (χ1) is 8.41. The molecule has 0 saturated carbocycles. The normalized spacial score (nSPS) is 21.6. The van der Waals surface area contributed by atoms with Crippen molar-refractivity contribution < 1.29 is 8.42 Å². The van der Waals surface area contributed by atoms with Crippen LogP contribution in [0.2, 0.25) is 0 Å². The van der Waals surface area contributed by atoms with E-state index in [0.717, 1.165) is 19.5 Å². The van der Waals surface area contributed by atoms with Gasteiger partial charge < -0.3 is 10.6 Å². The highest BCUT2D eigenvalue weighted by molar-refractivity contribution is 7.89. The number of likely N-dealkylation sites (tertiary alicyclic amines) is 1. The van der Waals surface area contributed by atoms with Crippen molar-refractivity contribution in [3.8, 4) is 0 Å². The minimum Gasteiger partial charge on any atom is -0.399 e. The van der Waals surface area contributed by atoms with Gasteiger partial charge in [0, 0.05) is 25.3 Å². The van der Waals surface area contributed by atoms with E-state index in [0.29, 0.717) is 10.6 Å². The number of nitrogen functional groups attached to an aromatic ring is 1. The van der Waals surface area contributed by atoms with E-state index in [-0.39, 0.29) is 6.04 Å². The summed E-state index contributed by atoms with van der Waals surface area (Å²) in [6, 6.07) is 6.39. The Morgan fingerprint density at radius 1 is 1.33 bits per heavy atom. The van der Waals surface area contributed by atoms with Crippen LogP contribution in [0.3, 0.4) is 0 Å². The van der Waals surface area contributed by atoms with E-state index in [2.05, 4.69) is 4.90 Å². The Morgan fingerprint density at radius 2 is 1.94 bits per heavy atom. The molecule has 1 saturated heterocycles. The summed E-state index contributed by atoms with van der Waals surface area (Å²) in [4.78, 5) is 2.44. The van der Waals surface area contributed by atoms with Gasteiger partial charge in [0.05, 0.1) is 4.90 Å². The lowest BCUT2D eigenvalue weighted by molar-refractivity contribution is 0.345. The van der Waals surface area contributed by atoms with Crippen molar-refractivity contribution >= 4 is 15.7 Å². The van der Waals surface area contributed by atoms with Gasteiger partial charge in [0.15, 0.2) is 0 Å². The minimum atomic E-state index is -3.41. The molecule has 1 aliphatic heterocycles. The summed E-state index contributed by atoms with van der Waals surface area (Å²) in [6.45, 7) is 1.72. The maximum absolute atomic E-state index is 12.4. The molecule has 2 rings (SSSR count). The van der Waals surface area contributed by atoms with Crippen LogP contribution in [-0.4, -0.2) is 50.8 Å². The van der Waals surface area contributed by atoms with Crippen molar-refractivity contribution in [2.24, 2.45) is 0 Å². The number of anilines is 1. The van der Waals surface area contributed by atoms with E-state index >= 15 is 0 Å². The van der Waals surface area contributed by atoms with Crippen LogP contribution in [-0.2, 0) is 10.0 Å². The summed E-state index contributed by atoms with van der Waals surface area (Å²) >= 11 is 0. The van der Waals surface area contributed by atoms with Gasteiger partial charge in [-0.05, 0) is 44.3 Å². The van der Waals surface area contributed by atoms with Gasteiger partial charge in [-0.3, -0.25) is 0 Å². The second-order valence-corrected chi connectivity index (χ2v) is 6.79. The fourth-order valence-corrected chi connectivity index (χ4v) is 3.59. The van der Waals surface area contributed by atoms with Crippen LogP contribution in [0, 0.1) is 0 Å². The zero-order chi connectivity index (χ0) is 13.3. The second kappa shape index (κ2) is 4.87. The molecule has 1 heterocycles. The topological polar surface area (TPSA) is 66.6 Å². The van der Waals surface area contributed by atoms with E-state index in [9.17, 15) is 8.42 Å². The molecule has 0 spiro atoms. The molecule has 0 radical (unpaired) electrons. The van der Waals surface area contributed by atoms with Crippen LogP contribution in [0.5, 0.6) is 0 Å². The molecular formula is C12H19N3O2S. The smallest absolute Gasteiger partial charge is 0.243 e. The second-order valence-electron chi connectivity index (χ2n) is 4.80. The molecule has 100 valence electrons. The Bertz CT molecular complexity index is 513. The molecule has 1 atom stereocenters. The maximum atomic E-state index is 12.4. The van der Waals surface area contributed by atoms with Gasteiger partial charge in [-0.15, -0.1) is 0 Å². The number of nitrogens with zero attached hydrogens (tertiary/aromatic N) is 2. The highest BCUT2D eigenvalue weighted by Gasteiger charge is 2.31. The summed E-state index contributed by atoms with van der Waals surface area (Å²) in [6.07, 6.45) is 0.876. The van der Waals surface area contributed by atoms with Crippen molar-refractivity contribution in [1.82, 2.24) is 9.21 Å².